The fraction of sp³-hybridized carbons (Fsp3) is 1.00. The second kappa shape index (κ2) is 4.72. The van der Waals surface area contributed by atoms with Gasteiger partial charge in [0.05, 0.1) is 19.8 Å². The van der Waals surface area contributed by atoms with Gasteiger partial charge in [0.15, 0.2) is 0 Å². The van der Waals surface area contributed by atoms with Gasteiger partial charge in [0, 0.05) is 19.0 Å². The van der Waals surface area contributed by atoms with Gasteiger partial charge < -0.3 is 14.8 Å². The molecule has 0 saturated carbocycles. The van der Waals surface area contributed by atoms with Crippen LogP contribution < -0.4 is 5.32 Å². The van der Waals surface area contributed by atoms with Gasteiger partial charge in [-0.15, -0.1) is 0 Å². The number of hydrogen-bond acceptors (Lipinski definition) is 3. The zero-order valence-corrected chi connectivity index (χ0v) is 8.68. The first-order chi connectivity index (χ1) is 7.23. The Kier molecular flexibility index (Phi) is 3.53. The highest BCUT2D eigenvalue weighted by Crippen LogP contribution is 2.30. The minimum Gasteiger partial charge on any atom is -0.375 e. The second-order valence-electron chi connectivity index (χ2n) is 4.23. The van der Waals surface area contributed by atoms with Crippen molar-refractivity contribution in [3.63, 3.8) is 0 Å². The van der Waals surface area contributed by atoms with E-state index in [0.717, 1.165) is 13.0 Å². The van der Waals surface area contributed by atoms with Crippen molar-refractivity contribution in [2.75, 3.05) is 26.4 Å². The zero-order chi connectivity index (χ0) is 10.7. The normalized spacial score (nSPS) is 29.4. The van der Waals surface area contributed by atoms with E-state index in [1.54, 1.807) is 0 Å². The lowest BCUT2D eigenvalue weighted by Gasteiger charge is -2.49. The van der Waals surface area contributed by atoms with E-state index >= 15 is 0 Å². The molecule has 15 heavy (non-hydrogen) atoms. The Bertz CT molecular complexity index is 210. The Morgan fingerprint density at radius 1 is 1.40 bits per heavy atom. The van der Waals surface area contributed by atoms with Gasteiger partial charge >= 0.3 is 0 Å². The van der Waals surface area contributed by atoms with E-state index in [1.165, 1.54) is 0 Å². The van der Waals surface area contributed by atoms with E-state index < -0.39 is 6.43 Å². The second-order valence-corrected chi connectivity index (χ2v) is 4.23. The Balaban J connectivity index is 1.78. The Labute approximate surface area is 88.1 Å². The maximum absolute atomic E-state index is 12.0. The van der Waals surface area contributed by atoms with E-state index in [0.29, 0.717) is 26.2 Å². The Morgan fingerprint density at radius 3 is 2.80 bits per heavy atom. The predicted octanol–water partition coefficient (Wildman–Crippen LogP) is 1.18. The highest BCUT2D eigenvalue weighted by molar-refractivity contribution is 5.00. The summed E-state index contributed by atoms with van der Waals surface area (Å²) in [6, 6.07) is 0.179. The molecule has 0 amide bonds. The van der Waals surface area contributed by atoms with Crippen molar-refractivity contribution in [1.29, 1.82) is 0 Å². The molecule has 5 heteroatoms. The topological polar surface area (TPSA) is 30.5 Å². The molecule has 0 aromatic carbocycles. The number of nitrogens with one attached hydrogen (secondary N) is 1. The minimum absolute atomic E-state index is 0.0187. The van der Waals surface area contributed by atoms with Gasteiger partial charge in [-0.05, 0) is 12.8 Å². The smallest absolute Gasteiger partial charge is 0.238 e. The van der Waals surface area contributed by atoms with Crippen molar-refractivity contribution in [2.45, 2.75) is 37.3 Å². The molecule has 2 heterocycles. The average Bonchev–Trinajstić information content (AvgIpc) is 2.15. The number of ether oxygens (including phenoxy) is 2. The van der Waals surface area contributed by atoms with Crippen LogP contribution in [0.15, 0.2) is 0 Å². The molecule has 2 aliphatic heterocycles. The van der Waals surface area contributed by atoms with Crippen LogP contribution in [-0.4, -0.2) is 44.4 Å². The van der Waals surface area contributed by atoms with E-state index in [2.05, 4.69) is 5.32 Å². The predicted molar refractivity (Wildman–Crippen MR) is 51.1 cm³/mol. The van der Waals surface area contributed by atoms with Gasteiger partial charge in [0.2, 0.25) is 6.43 Å². The van der Waals surface area contributed by atoms with Crippen molar-refractivity contribution in [3.8, 4) is 0 Å². The van der Waals surface area contributed by atoms with Gasteiger partial charge in [0.1, 0.15) is 5.60 Å². The van der Waals surface area contributed by atoms with Gasteiger partial charge in [-0.1, -0.05) is 0 Å². The number of alkyl halides is 2. The first kappa shape index (κ1) is 11.2. The van der Waals surface area contributed by atoms with Gasteiger partial charge in [-0.3, -0.25) is 0 Å². The number of hydrogen-bond donors (Lipinski definition) is 1. The van der Waals surface area contributed by atoms with E-state index in [4.69, 9.17) is 9.47 Å². The largest absolute Gasteiger partial charge is 0.375 e. The molecular formula is C10H17F2NO2. The quantitative estimate of drug-likeness (QED) is 0.773. The first-order valence-electron chi connectivity index (χ1n) is 5.46. The van der Waals surface area contributed by atoms with E-state index in [-0.39, 0.29) is 18.1 Å². The lowest BCUT2D eigenvalue weighted by Crippen LogP contribution is -2.68. The molecule has 0 bridgehead atoms. The van der Waals surface area contributed by atoms with Gasteiger partial charge in [-0.2, -0.15) is 0 Å². The summed E-state index contributed by atoms with van der Waals surface area (Å²) in [6.45, 7) is 2.69. The summed E-state index contributed by atoms with van der Waals surface area (Å²) in [4.78, 5) is 0. The molecule has 88 valence electrons. The van der Waals surface area contributed by atoms with Crippen LogP contribution in [0, 0.1) is 0 Å². The molecule has 1 N–H and O–H groups in total. The molecule has 2 rings (SSSR count). The van der Waals surface area contributed by atoms with Crippen LogP contribution in [-0.2, 0) is 9.47 Å². The summed E-state index contributed by atoms with van der Waals surface area (Å²) >= 11 is 0. The molecule has 0 aromatic rings. The van der Waals surface area contributed by atoms with Crippen LogP contribution in [0.25, 0.3) is 0 Å². The van der Waals surface area contributed by atoms with Gasteiger partial charge in [0.25, 0.3) is 0 Å². The highest BCUT2D eigenvalue weighted by atomic mass is 19.3. The SMILES string of the molecule is FC(F)CCCC1NCCOC12COC2. The van der Waals surface area contributed by atoms with Crippen LogP contribution in [0.5, 0.6) is 0 Å². The fourth-order valence-corrected chi connectivity index (χ4v) is 2.20. The monoisotopic (exact) mass is 221 g/mol. The summed E-state index contributed by atoms with van der Waals surface area (Å²) in [5, 5.41) is 3.34. The van der Waals surface area contributed by atoms with E-state index in [9.17, 15) is 8.78 Å². The summed E-state index contributed by atoms with van der Waals surface area (Å²) in [5.41, 5.74) is -0.222. The molecule has 3 nitrogen and oxygen atoms in total. The first-order valence-corrected chi connectivity index (χ1v) is 5.46. The van der Waals surface area contributed by atoms with Crippen molar-refractivity contribution in [1.82, 2.24) is 5.32 Å². The molecule has 0 radical (unpaired) electrons. The molecule has 2 fully saturated rings. The molecule has 1 atom stereocenters. The third kappa shape index (κ3) is 2.46. The molecule has 2 aliphatic rings. The third-order valence-electron chi connectivity index (χ3n) is 3.13. The molecule has 0 aliphatic carbocycles. The summed E-state index contributed by atoms with van der Waals surface area (Å²) in [5.74, 6) is 0. The molecule has 2 saturated heterocycles. The van der Waals surface area contributed by atoms with E-state index in [1.807, 2.05) is 0 Å². The fourth-order valence-electron chi connectivity index (χ4n) is 2.20. The van der Waals surface area contributed by atoms with Crippen LogP contribution in [0.4, 0.5) is 8.78 Å². The molecule has 0 aromatic heterocycles. The summed E-state index contributed by atoms with van der Waals surface area (Å²) in [6.07, 6.45) is -0.924. The average molecular weight is 221 g/mol. The number of halogens is 2. The van der Waals surface area contributed by atoms with Crippen LogP contribution in [0.2, 0.25) is 0 Å². The highest BCUT2D eigenvalue weighted by Gasteiger charge is 2.48. The molecular weight excluding hydrogens is 204 g/mol. The minimum atomic E-state index is -2.19. The third-order valence-corrected chi connectivity index (χ3v) is 3.13. The zero-order valence-electron chi connectivity index (χ0n) is 8.68. The number of morpholine rings is 1. The van der Waals surface area contributed by atoms with Crippen LogP contribution >= 0.6 is 0 Å². The summed E-state index contributed by atoms with van der Waals surface area (Å²) < 4.78 is 34.9. The Morgan fingerprint density at radius 2 is 2.20 bits per heavy atom. The maximum atomic E-state index is 12.0. The van der Waals surface area contributed by atoms with Crippen LogP contribution in [0.3, 0.4) is 0 Å². The maximum Gasteiger partial charge on any atom is 0.238 e. The lowest BCUT2D eigenvalue weighted by molar-refractivity contribution is -0.238. The standard InChI is InChI=1S/C10H17F2NO2/c11-9(12)3-1-2-8-10(6-14-7-10)15-5-4-13-8/h8-9,13H,1-7H2. The summed E-state index contributed by atoms with van der Waals surface area (Å²) in [7, 11) is 0. The van der Waals surface area contributed by atoms with Crippen molar-refractivity contribution < 1.29 is 18.3 Å². The number of rotatable bonds is 4. The Hall–Kier alpha value is -0.260. The van der Waals surface area contributed by atoms with Crippen molar-refractivity contribution in [3.05, 3.63) is 0 Å². The van der Waals surface area contributed by atoms with Gasteiger partial charge in [-0.25, -0.2) is 8.78 Å². The van der Waals surface area contributed by atoms with Crippen molar-refractivity contribution in [2.24, 2.45) is 0 Å². The van der Waals surface area contributed by atoms with Crippen molar-refractivity contribution >= 4 is 0 Å². The molecule has 1 unspecified atom stereocenters. The molecule has 1 spiro atoms. The van der Waals surface area contributed by atoms with Crippen LogP contribution in [0.1, 0.15) is 19.3 Å². The lowest BCUT2D eigenvalue weighted by atomic mass is 9.87.